The minimum atomic E-state index is -0.156. The van der Waals surface area contributed by atoms with E-state index in [2.05, 4.69) is 41.2 Å². The predicted octanol–water partition coefficient (Wildman–Crippen LogP) is 3.42. The molecule has 0 aromatic rings. The number of carbonyl (C=O) groups is 1. The van der Waals surface area contributed by atoms with E-state index in [-0.39, 0.29) is 17.3 Å². The van der Waals surface area contributed by atoms with E-state index in [4.69, 9.17) is 4.74 Å². The molecule has 0 heterocycles. The van der Waals surface area contributed by atoms with E-state index in [0.717, 1.165) is 5.57 Å². The summed E-state index contributed by atoms with van der Waals surface area (Å²) in [6, 6.07) is 0. The highest BCUT2D eigenvalue weighted by Crippen LogP contribution is 2.37. The maximum Gasteiger partial charge on any atom is 0.306 e. The number of allylic oxidation sites excluding steroid dienone is 1. The van der Waals surface area contributed by atoms with Crippen molar-refractivity contribution in [2.75, 3.05) is 7.11 Å². The van der Waals surface area contributed by atoms with E-state index in [9.17, 15) is 4.79 Å². The Bertz CT molecular complexity index is 233. The molecule has 0 bridgehead atoms. The third-order valence-electron chi connectivity index (χ3n) is 2.83. The SMILES string of the molecule is C=C(C(C)C)[C@@H](CC(=O)OC)C(C)(C)C. The highest BCUT2D eigenvalue weighted by molar-refractivity contribution is 5.70. The molecule has 0 aliphatic rings. The van der Waals surface area contributed by atoms with Gasteiger partial charge < -0.3 is 4.74 Å². The molecule has 0 fully saturated rings. The Morgan fingerprint density at radius 1 is 1.33 bits per heavy atom. The van der Waals surface area contributed by atoms with Crippen molar-refractivity contribution in [1.82, 2.24) is 0 Å². The summed E-state index contributed by atoms with van der Waals surface area (Å²) in [4.78, 5) is 11.3. The van der Waals surface area contributed by atoms with Gasteiger partial charge in [-0.05, 0) is 17.3 Å². The minimum absolute atomic E-state index is 0.0511. The summed E-state index contributed by atoms with van der Waals surface area (Å²) in [5.41, 5.74) is 1.18. The van der Waals surface area contributed by atoms with Crippen LogP contribution < -0.4 is 0 Å². The summed E-state index contributed by atoms with van der Waals surface area (Å²) < 4.78 is 4.73. The van der Waals surface area contributed by atoms with E-state index in [1.54, 1.807) is 0 Å². The standard InChI is InChI=1S/C13H24O2/c1-9(2)10(3)11(13(4,5)6)8-12(14)15-7/h9,11H,3,8H2,1-2,4-7H3/t11-/m1/s1. The molecule has 0 rings (SSSR count). The number of carbonyl (C=O) groups excluding carboxylic acids is 1. The van der Waals surface area contributed by atoms with Crippen molar-refractivity contribution in [3.8, 4) is 0 Å². The third kappa shape index (κ3) is 4.50. The monoisotopic (exact) mass is 212 g/mol. The van der Waals surface area contributed by atoms with Gasteiger partial charge in [0, 0.05) is 0 Å². The molecular formula is C13H24O2. The average molecular weight is 212 g/mol. The lowest BCUT2D eigenvalue weighted by Crippen LogP contribution is -2.27. The molecule has 0 aromatic heterocycles. The Morgan fingerprint density at radius 3 is 2.07 bits per heavy atom. The molecule has 1 atom stereocenters. The van der Waals surface area contributed by atoms with Gasteiger partial charge in [0.2, 0.25) is 0 Å². The Labute approximate surface area is 93.7 Å². The highest BCUT2D eigenvalue weighted by atomic mass is 16.5. The second kappa shape index (κ2) is 5.34. The number of hydrogen-bond acceptors (Lipinski definition) is 2. The van der Waals surface area contributed by atoms with Gasteiger partial charge in [-0.3, -0.25) is 4.79 Å². The molecule has 0 aliphatic carbocycles. The van der Waals surface area contributed by atoms with E-state index in [1.165, 1.54) is 7.11 Å². The van der Waals surface area contributed by atoms with Crippen molar-refractivity contribution >= 4 is 5.97 Å². The summed E-state index contributed by atoms with van der Waals surface area (Å²) in [6.45, 7) is 14.7. The fraction of sp³-hybridized carbons (Fsp3) is 0.769. The van der Waals surface area contributed by atoms with Crippen molar-refractivity contribution in [1.29, 1.82) is 0 Å². The minimum Gasteiger partial charge on any atom is -0.469 e. The molecular weight excluding hydrogens is 188 g/mol. The number of rotatable bonds is 4. The smallest absolute Gasteiger partial charge is 0.306 e. The van der Waals surface area contributed by atoms with Crippen LogP contribution in [0.3, 0.4) is 0 Å². The number of hydrogen-bond donors (Lipinski definition) is 0. The molecule has 2 nitrogen and oxygen atoms in total. The van der Waals surface area contributed by atoms with E-state index in [0.29, 0.717) is 12.3 Å². The van der Waals surface area contributed by atoms with Crippen molar-refractivity contribution in [2.45, 2.75) is 41.0 Å². The van der Waals surface area contributed by atoms with Crippen LogP contribution in [0.4, 0.5) is 0 Å². The van der Waals surface area contributed by atoms with Crippen LogP contribution in [0.15, 0.2) is 12.2 Å². The lowest BCUT2D eigenvalue weighted by atomic mass is 9.72. The molecule has 15 heavy (non-hydrogen) atoms. The van der Waals surface area contributed by atoms with Crippen molar-refractivity contribution in [3.63, 3.8) is 0 Å². The van der Waals surface area contributed by atoms with Gasteiger partial charge >= 0.3 is 5.97 Å². The molecule has 0 radical (unpaired) electrons. The fourth-order valence-corrected chi connectivity index (χ4v) is 1.65. The number of ether oxygens (including phenoxy) is 1. The van der Waals surface area contributed by atoms with Gasteiger partial charge in [0.1, 0.15) is 0 Å². The Balaban J connectivity index is 4.75. The summed E-state index contributed by atoms with van der Waals surface area (Å²) in [7, 11) is 1.43. The van der Waals surface area contributed by atoms with Crippen molar-refractivity contribution < 1.29 is 9.53 Å². The second-order valence-electron chi connectivity index (χ2n) is 5.43. The molecule has 2 heteroatoms. The van der Waals surface area contributed by atoms with Crippen molar-refractivity contribution in [3.05, 3.63) is 12.2 Å². The molecule has 0 saturated heterocycles. The first-order valence-electron chi connectivity index (χ1n) is 5.45. The van der Waals surface area contributed by atoms with Crippen LogP contribution in [0.1, 0.15) is 41.0 Å². The summed E-state index contributed by atoms with van der Waals surface area (Å²) in [5.74, 6) is 0.431. The largest absolute Gasteiger partial charge is 0.469 e. The molecule has 0 aromatic carbocycles. The van der Waals surface area contributed by atoms with Crippen LogP contribution in [0.25, 0.3) is 0 Å². The first-order valence-corrected chi connectivity index (χ1v) is 5.45. The first-order chi connectivity index (χ1) is 6.70. The molecule has 0 spiro atoms. The second-order valence-corrected chi connectivity index (χ2v) is 5.43. The van der Waals surface area contributed by atoms with Crippen LogP contribution >= 0.6 is 0 Å². The van der Waals surface area contributed by atoms with Gasteiger partial charge in [0.15, 0.2) is 0 Å². The van der Waals surface area contributed by atoms with Gasteiger partial charge in [-0.25, -0.2) is 0 Å². The molecule has 88 valence electrons. The highest BCUT2D eigenvalue weighted by Gasteiger charge is 2.30. The maximum absolute atomic E-state index is 11.3. The first kappa shape index (κ1) is 14.2. The zero-order valence-electron chi connectivity index (χ0n) is 10.9. The Kier molecular flexibility index (Phi) is 5.06. The fourth-order valence-electron chi connectivity index (χ4n) is 1.65. The third-order valence-corrected chi connectivity index (χ3v) is 2.83. The molecule has 0 saturated carbocycles. The van der Waals surface area contributed by atoms with Gasteiger partial charge in [0.25, 0.3) is 0 Å². The zero-order valence-corrected chi connectivity index (χ0v) is 10.9. The molecule has 0 aliphatic heterocycles. The van der Waals surface area contributed by atoms with Gasteiger partial charge in [-0.15, -0.1) is 0 Å². The Morgan fingerprint density at radius 2 is 1.80 bits per heavy atom. The van der Waals surface area contributed by atoms with Crippen LogP contribution in [0, 0.1) is 17.3 Å². The van der Waals surface area contributed by atoms with Crippen LogP contribution in [-0.4, -0.2) is 13.1 Å². The summed E-state index contributed by atoms with van der Waals surface area (Å²) in [5, 5.41) is 0. The van der Waals surface area contributed by atoms with Crippen LogP contribution in [-0.2, 0) is 9.53 Å². The lowest BCUT2D eigenvalue weighted by molar-refractivity contribution is -0.142. The molecule has 0 unspecified atom stereocenters. The molecule has 0 amide bonds. The number of methoxy groups -OCH3 is 1. The van der Waals surface area contributed by atoms with Crippen LogP contribution in [0.2, 0.25) is 0 Å². The lowest BCUT2D eigenvalue weighted by Gasteiger charge is -2.33. The van der Waals surface area contributed by atoms with Crippen molar-refractivity contribution in [2.24, 2.45) is 17.3 Å². The zero-order chi connectivity index (χ0) is 12.2. The van der Waals surface area contributed by atoms with Gasteiger partial charge in [0.05, 0.1) is 13.5 Å². The topological polar surface area (TPSA) is 26.3 Å². The number of esters is 1. The average Bonchev–Trinajstić information content (AvgIpc) is 2.10. The Hall–Kier alpha value is -0.790. The quantitative estimate of drug-likeness (QED) is 0.527. The summed E-state index contributed by atoms with van der Waals surface area (Å²) in [6.07, 6.45) is 0.428. The summed E-state index contributed by atoms with van der Waals surface area (Å²) >= 11 is 0. The van der Waals surface area contributed by atoms with E-state index < -0.39 is 0 Å². The predicted molar refractivity (Wildman–Crippen MR) is 63.6 cm³/mol. The van der Waals surface area contributed by atoms with Gasteiger partial charge in [-0.1, -0.05) is 46.8 Å². The molecule has 0 N–H and O–H groups in total. The van der Waals surface area contributed by atoms with Gasteiger partial charge in [-0.2, -0.15) is 0 Å². The van der Waals surface area contributed by atoms with E-state index in [1.807, 2.05) is 0 Å². The maximum atomic E-state index is 11.3. The van der Waals surface area contributed by atoms with E-state index >= 15 is 0 Å². The normalized spacial score (nSPS) is 13.8. The van der Waals surface area contributed by atoms with Crippen LogP contribution in [0.5, 0.6) is 0 Å².